The second kappa shape index (κ2) is 5.17. The fraction of sp³-hybridized carbons (Fsp3) is 0.667. The maximum Gasteiger partial charge on any atom is 0.0302 e. The Balaban J connectivity index is 1.89. The highest BCUT2D eigenvalue weighted by Gasteiger charge is 2.31. The van der Waals surface area contributed by atoms with Gasteiger partial charge in [0.2, 0.25) is 0 Å². The molecule has 2 heterocycles. The smallest absolute Gasteiger partial charge is 0.0302 e. The minimum atomic E-state index is 0.354. The van der Waals surface area contributed by atoms with Gasteiger partial charge in [0, 0.05) is 33.9 Å². The Morgan fingerprint density at radius 3 is 3.06 bits per heavy atom. The minimum Gasteiger partial charge on any atom is -0.316 e. The van der Waals surface area contributed by atoms with Crippen molar-refractivity contribution in [3.63, 3.8) is 0 Å². The Labute approximate surface area is 110 Å². The molecule has 2 rings (SSSR count). The fourth-order valence-electron chi connectivity index (χ4n) is 2.22. The van der Waals surface area contributed by atoms with Crippen molar-refractivity contribution in [1.29, 1.82) is 0 Å². The van der Waals surface area contributed by atoms with E-state index >= 15 is 0 Å². The third-order valence-electron chi connectivity index (χ3n) is 3.28. The Hall–Kier alpha value is 0.1000. The molecule has 16 heavy (non-hydrogen) atoms. The highest BCUT2D eigenvalue weighted by atomic mass is 79.9. The van der Waals surface area contributed by atoms with Crippen molar-refractivity contribution in [2.45, 2.75) is 32.9 Å². The van der Waals surface area contributed by atoms with Crippen molar-refractivity contribution in [3.8, 4) is 0 Å². The van der Waals surface area contributed by atoms with Crippen LogP contribution in [0.1, 0.15) is 25.1 Å². The maximum atomic E-state index is 3.69. The zero-order valence-electron chi connectivity index (χ0n) is 9.85. The summed E-state index contributed by atoms with van der Waals surface area (Å²) in [5, 5.41) is 9.30. The van der Waals surface area contributed by atoms with Gasteiger partial charge in [-0.15, -0.1) is 11.3 Å². The average molecular weight is 303 g/mol. The first kappa shape index (κ1) is 12.6. The average Bonchev–Trinajstić information content (AvgIpc) is 2.62. The largest absolute Gasteiger partial charge is 0.316 e. The van der Waals surface area contributed by atoms with E-state index < -0.39 is 0 Å². The van der Waals surface area contributed by atoms with E-state index in [-0.39, 0.29) is 0 Å². The molecule has 0 amide bonds. The molecular weight excluding hydrogens is 284 g/mol. The van der Waals surface area contributed by atoms with Crippen molar-refractivity contribution in [1.82, 2.24) is 10.6 Å². The summed E-state index contributed by atoms with van der Waals surface area (Å²) in [5.41, 5.74) is 0.354. The molecule has 0 radical (unpaired) electrons. The van der Waals surface area contributed by atoms with Crippen molar-refractivity contribution in [2.24, 2.45) is 5.41 Å². The van der Waals surface area contributed by atoms with Gasteiger partial charge in [0.1, 0.15) is 0 Å². The molecule has 1 atom stereocenters. The summed E-state index contributed by atoms with van der Waals surface area (Å²) in [7, 11) is 0. The normalized spacial score (nSPS) is 24.6. The lowest BCUT2D eigenvalue weighted by Gasteiger charge is -2.39. The first-order valence-corrected chi connectivity index (χ1v) is 7.42. The van der Waals surface area contributed by atoms with Gasteiger partial charge in [-0.3, -0.25) is 0 Å². The van der Waals surface area contributed by atoms with Gasteiger partial charge in [0.05, 0.1) is 0 Å². The van der Waals surface area contributed by atoms with Crippen LogP contribution in [0.2, 0.25) is 0 Å². The van der Waals surface area contributed by atoms with Gasteiger partial charge in [-0.25, -0.2) is 0 Å². The molecule has 1 unspecified atom stereocenters. The van der Waals surface area contributed by atoms with Gasteiger partial charge in [0.15, 0.2) is 0 Å². The van der Waals surface area contributed by atoms with Gasteiger partial charge in [-0.1, -0.05) is 13.8 Å². The quantitative estimate of drug-likeness (QED) is 0.897. The molecule has 1 aromatic heterocycles. The number of nitrogens with one attached hydrogen (secondary N) is 2. The van der Waals surface area contributed by atoms with Crippen LogP contribution < -0.4 is 10.6 Å². The van der Waals surface area contributed by atoms with E-state index in [2.05, 4.69) is 51.9 Å². The van der Waals surface area contributed by atoms with Crippen LogP contribution in [0.25, 0.3) is 0 Å². The van der Waals surface area contributed by atoms with Crippen LogP contribution >= 0.6 is 27.3 Å². The Morgan fingerprint density at radius 1 is 1.62 bits per heavy atom. The Kier molecular flexibility index (Phi) is 4.06. The molecule has 1 aromatic rings. The van der Waals surface area contributed by atoms with Crippen molar-refractivity contribution in [2.75, 3.05) is 13.1 Å². The lowest BCUT2D eigenvalue weighted by atomic mass is 9.80. The van der Waals surface area contributed by atoms with Crippen molar-refractivity contribution in [3.05, 3.63) is 20.8 Å². The highest BCUT2D eigenvalue weighted by molar-refractivity contribution is 9.10. The molecule has 2 N–H and O–H groups in total. The van der Waals surface area contributed by atoms with Gasteiger partial charge in [0.25, 0.3) is 0 Å². The molecule has 0 saturated carbocycles. The van der Waals surface area contributed by atoms with Crippen LogP contribution in [0.3, 0.4) is 0 Å². The molecule has 1 fully saturated rings. The molecule has 90 valence electrons. The summed E-state index contributed by atoms with van der Waals surface area (Å²) in [5.74, 6) is 0. The van der Waals surface area contributed by atoms with Crippen LogP contribution in [-0.4, -0.2) is 19.1 Å². The van der Waals surface area contributed by atoms with E-state index in [0.29, 0.717) is 11.5 Å². The van der Waals surface area contributed by atoms with Gasteiger partial charge < -0.3 is 10.6 Å². The van der Waals surface area contributed by atoms with E-state index in [1.807, 2.05) is 11.3 Å². The topological polar surface area (TPSA) is 24.1 Å². The van der Waals surface area contributed by atoms with Crippen molar-refractivity contribution < 1.29 is 0 Å². The molecule has 1 saturated heterocycles. The number of hydrogen-bond acceptors (Lipinski definition) is 3. The van der Waals surface area contributed by atoms with Crippen LogP contribution in [0.15, 0.2) is 15.9 Å². The van der Waals surface area contributed by atoms with E-state index in [1.165, 1.54) is 15.8 Å². The predicted molar refractivity (Wildman–Crippen MR) is 73.9 cm³/mol. The summed E-state index contributed by atoms with van der Waals surface area (Å²) < 4.78 is 1.19. The molecule has 2 nitrogen and oxygen atoms in total. The Bertz CT molecular complexity index is 349. The highest BCUT2D eigenvalue weighted by Crippen LogP contribution is 2.26. The van der Waals surface area contributed by atoms with Crippen LogP contribution in [0.4, 0.5) is 0 Å². The monoisotopic (exact) mass is 302 g/mol. The molecule has 0 aromatic carbocycles. The maximum absolute atomic E-state index is 3.69. The standard InChI is InChI=1S/C12H19BrN2S/c1-12(2)8-14-4-3-11(12)15-6-10-5-9(13)7-16-10/h5,7,11,14-15H,3-4,6,8H2,1-2H3. The lowest BCUT2D eigenvalue weighted by molar-refractivity contribution is 0.184. The second-order valence-corrected chi connectivity index (χ2v) is 7.03. The van der Waals surface area contributed by atoms with E-state index in [9.17, 15) is 0 Å². The van der Waals surface area contributed by atoms with Gasteiger partial charge in [-0.2, -0.15) is 0 Å². The fourth-order valence-corrected chi connectivity index (χ4v) is 3.62. The minimum absolute atomic E-state index is 0.354. The van der Waals surface area contributed by atoms with Crippen molar-refractivity contribution >= 4 is 27.3 Å². The summed E-state index contributed by atoms with van der Waals surface area (Å²) in [6, 6.07) is 2.82. The summed E-state index contributed by atoms with van der Waals surface area (Å²) in [6.07, 6.45) is 1.22. The SMILES string of the molecule is CC1(C)CNCCC1NCc1cc(Br)cs1. The summed E-state index contributed by atoms with van der Waals surface area (Å²) >= 11 is 5.31. The number of hydrogen-bond donors (Lipinski definition) is 2. The molecule has 0 aliphatic carbocycles. The molecule has 1 aliphatic heterocycles. The van der Waals surface area contributed by atoms with Crippen LogP contribution in [-0.2, 0) is 6.54 Å². The molecule has 4 heteroatoms. The second-order valence-electron chi connectivity index (χ2n) is 5.12. The number of halogens is 1. The number of thiophene rings is 1. The summed E-state index contributed by atoms with van der Waals surface area (Å²) in [4.78, 5) is 1.40. The number of piperidine rings is 1. The predicted octanol–water partition coefficient (Wildman–Crippen LogP) is 2.99. The molecular formula is C12H19BrN2S. The van der Waals surface area contributed by atoms with Crippen LogP contribution in [0, 0.1) is 5.41 Å². The third kappa shape index (κ3) is 3.06. The molecule has 0 bridgehead atoms. The first-order chi connectivity index (χ1) is 7.58. The van der Waals surface area contributed by atoms with E-state index in [4.69, 9.17) is 0 Å². The van der Waals surface area contributed by atoms with Gasteiger partial charge >= 0.3 is 0 Å². The van der Waals surface area contributed by atoms with E-state index in [0.717, 1.165) is 19.6 Å². The zero-order chi connectivity index (χ0) is 11.6. The zero-order valence-corrected chi connectivity index (χ0v) is 12.2. The molecule has 1 aliphatic rings. The summed E-state index contributed by atoms with van der Waals surface area (Å²) in [6.45, 7) is 7.90. The van der Waals surface area contributed by atoms with E-state index in [1.54, 1.807) is 0 Å². The van der Waals surface area contributed by atoms with Crippen LogP contribution in [0.5, 0.6) is 0 Å². The Morgan fingerprint density at radius 2 is 2.44 bits per heavy atom. The lowest BCUT2D eigenvalue weighted by Crippen LogP contribution is -2.52. The first-order valence-electron chi connectivity index (χ1n) is 5.75. The number of rotatable bonds is 3. The molecule has 0 spiro atoms. The third-order valence-corrected chi connectivity index (χ3v) is 4.98. The van der Waals surface area contributed by atoms with Gasteiger partial charge in [-0.05, 0) is 40.4 Å².